The van der Waals surface area contributed by atoms with Gasteiger partial charge in [0.05, 0.1) is 6.04 Å². The molecule has 0 spiro atoms. The van der Waals surface area contributed by atoms with Crippen LogP contribution in [-0.2, 0) is 0 Å². The number of nitrogens with zero attached hydrogens (tertiary/aromatic N) is 1. The molecule has 1 aromatic heterocycles. The molecule has 1 N–H and O–H groups in total. The summed E-state index contributed by atoms with van der Waals surface area (Å²) >= 11 is 0. The number of pyridine rings is 1. The Balaban J connectivity index is 2.11. The number of terminal acetylenes is 1. The first-order chi connectivity index (χ1) is 9.20. The van der Waals surface area contributed by atoms with E-state index in [1.807, 2.05) is 37.3 Å². The second kappa shape index (κ2) is 5.83. The van der Waals surface area contributed by atoms with Crippen LogP contribution < -0.4 is 5.32 Å². The molecule has 1 amide bonds. The molecular formula is C16H14N2O. The lowest BCUT2D eigenvalue weighted by atomic mass is 10.1. The molecule has 1 heterocycles. The Hall–Kier alpha value is -2.60. The van der Waals surface area contributed by atoms with E-state index < -0.39 is 0 Å². The van der Waals surface area contributed by atoms with Gasteiger partial charge >= 0.3 is 0 Å². The molecule has 0 bridgehead atoms. The Morgan fingerprint density at radius 2 is 1.95 bits per heavy atom. The van der Waals surface area contributed by atoms with Gasteiger partial charge in [-0.3, -0.25) is 4.79 Å². The van der Waals surface area contributed by atoms with Crippen molar-refractivity contribution in [2.75, 3.05) is 0 Å². The van der Waals surface area contributed by atoms with Gasteiger partial charge in [-0.15, -0.1) is 6.42 Å². The van der Waals surface area contributed by atoms with Crippen LogP contribution in [0.25, 0.3) is 0 Å². The predicted molar refractivity (Wildman–Crippen MR) is 74.5 cm³/mol. The molecular weight excluding hydrogens is 236 g/mol. The van der Waals surface area contributed by atoms with Crippen LogP contribution in [0, 0.1) is 12.3 Å². The summed E-state index contributed by atoms with van der Waals surface area (Å²) in [5, 5.41) is 2.89. The lowest BCUT2D eigenvalue weighted by Gasteiger charge is -2.13. The van der Waals surface area contributed by atoms with E-state index in [1.54, 1.807) is 18.2 Å². The van der Waals surface area contributed by atoms with E-state index in [2.05, 4.69) is 16.2 Å². The highest BCUT2D eigenvalue weighted by atomic mass is 16.1. The molecule has 0 unspecified atom stereocenters. The molecule has 2 rings (SSSR count). The largest absolute Gasteiger partial charge is 0.344 e. The van der Waals surface area contributed by atoms with Gasteiger partial charge in [0.2, 0.25) is 0 Å². The van der Waals surface area contributed by atoms with E-state index in [-0.39, 0.29) is 11.9 Å². The quantitative estimate of drug-likeness (QED) is 0.851. The first kappa shape index (κ1) is 12.8. The zero-order chi connectivity index (χ0) is 13.7. The van der Waals surface area contributed by atoms with Crippen molar-refractivity contribution in [3.8, 4) is 12.3 Å². The molecule has 2 aromatic rings. The van der Waals surface area contributed by atoms with Crippen LogP contribution in [0.2, 0.25) is 0 Å². The minimum Gasteiger partial charge on any atom is -0.344 e. The summed E-state index contributed by atoms with van der Waals surface area (Å²) in [5.41, 5.74) is 1.84. The van der Waals surface area contributed by atoms with Crippen molar-refractivity contribution >= 4 is 5.91 Å². The zero-order valence-corrected chi connectivity index (χ0v) is 10.6. The standard InChI is InChI=1S/C16H14N2O/c1-3-14-10-7-11-15(18-14)16(19)17-12(2)13-8-5-4-6-9-13/h1,4-12H,2H3,(H,17,19)/t12-/m0/s1. The first-order valence-corrected chi connectivity index (χ1v) is 6.00. The lowest BCUT2D eigenvalue weighted by molar-refractivity contribution is 0.0935. The minimum absolute atomic E-state index is 0.0787. The van der Waals surface area contributed by atoms with Crippen molar-refractivity contribution in [1.82, 2.24) is 10.3 Å². The maximum Gasteiger partial charge on any atom is 0.270 e. The molecule has 3 nitrogen and oxygen atoms in total. The number of carbonyl (C=O) groups is 1. The van der Waals surface area contributed by atoms with Crippen LogP contribution in [-0.4, -0.2) is 10.9 Å². The fraction of sp³-hybridized carbons (Fsp3) is 0.125. The number of nitrogens with one attached hydrogen (secondary N) is 1. The highest BCUT2D eigenvalue weighted by Crippen LogP contribution is 2.11. The van der Waals surface area contributed by atoms with Gasteiger partial charge in [0.25, 0.3) is 5.91 Å². The molecule has 0 radical (unpaired) electrons. The molecule has 94 valence electrons. The van der Waals surface area contributed by atoms with Crippen LogP contribution in [0.1, 0.15) is 34.7 Å². The van der Waals surface area contributed by atoms with Crippen molar-refractivity contribution in [3.63, 3.8) is 0 Å². The van der Waals surface area contributed by atoms with Gasteiger partial charge in [-0.25, -0.2) is 4.98 Å². The maximum absolute atomic E-state index is 12.1. The minimum atomic E-state index is -0.228. The van der Waals surface area contributed by atoms with E-state index in [0.717, 1.165) is 5.56 Å². The molecule has 0 saturated heterocycles. The summed E-state index contributed by atoms with van der Waals surface area (Å²) in [6.07, 6.45) is 5.27. The molecule has 3 heteroatoms. The summed E-state index contributed by atoms with van der Waals surface area (Å²) in [4.78, 5) is 16.1. The number of aromatic nitrogens is 1. The van der Waals surface area contributed by atoms with Crippen LogP contribution in [0.15, 0.2) is 48.5 Å². The summed E-state index contributed by atoms with van der Waals surface area (Å²) in [6.45, 7) is 1.93. The molecule has 19 heavy (non-hydrogen) atoms. The summed E-state index contributed by atoms with van der Waals surface area (Å²) in [7, 11) is 0. The van der Waals surface area contributed by atoms with Gasteiger partial charge in [-0.2, -0.15) is 0 Å². The normalized spacial score (nSPS) is 11.4. The van der Waals surface area contributed by atoms with Gasteiger partial charge in [0.15, 0.2) is 0 Å². The molecule has 0 aliphatic heterocycles. The van der Waals surface area contributed by atoms with E-state index in [1.165, 1.54) is 0 Å². The average molecular weight is 250 g/mol. The zero-order valence-electron chi connectivity index (χ0n) is 10.6. The number of benzene rings is 1. The van der Waals surface area contributed by atoms with Crippen LogP contribution >= 0.6 is 0 Å². The van der Waals surface area contributed by atoms with Gasteiger partial charge < -0.3 is 5.32 Å². The van der Waals surface area contributed by atoms with Gasteiger partial charge in [-0.1, -0.05) is 42.3 Å². The molecule has 0 aliphatic carbocycles. The van der Waals surface area contributed by atoms with E-state index in [9.17, 15) is 4.79 Å². The second-order valence-electron chi connectivity index (χ2n) is 4.16. The molecule has 0 fully saturated rings. The van der Waals surface area contributed by atoms with Crippen LogP contribution in [0.3, 0.4) is 0 Å². The number of carbonyl (C=O) groups excluding carboxylic acids is 1. The summed E-state index contributed by atoms with van der Waals surface area (Å²) < 4.78 is 0. The fourth-order valence-corrected chi connectivity index (χ4v) is 1.74. The number of rotatable bonds is 3. The highest BCUT2D eigenvalue weighted by Gasteiger charge is 2.12. The van der Waals surface area contributed by atoms with Gasteiger partial charge in [0, 0.05) is 0 Å². The Labute approximate surface area is 112 Å². The van der Waals surface area contributed by atoms with Crippen molar-refractivity contribution in [2.45, 2.75) is 13.0 Å². The predicted octanol–water partition coefficient (Wildman–Crippen LogP) is 2.55. The molecule has 0 saturated carbocycles. The second-order valence-corrected chi connectivity index (χ2v) is 4.16. The van der Waals surface area contributed by atoms with Crippen molar-refractivity contribution in [1.29, 1.82) is 0 Å². The summed E-state index contributed by atoms with van der Waals surface area (Å²) in [5.74, 6) is 2.19. The lowest BCUT2D eigenvalue weighted by Crippen LogP contribution is -2.27. The van der Waals surface area contributed by atoms with Crippen molar-refractivity contribution < 1.29 is 4.79 Å². The van der Waals surface area contributed by atoms with E-state index in [0.29, 0.717) is 11.4 Å². The van der Waals surface area contributed by atoms with E-state index in [4.69, 9.17) is 6.42 Å². The average Bonchev–Trinajstić information content (AvgIpc) is 2.48. The third-order valence-corrected chi connectivity index (χ3v) is 2.78. The Kier molecular flexibility index (Phi) is 3.94. The van der Waals surface area contributed by atoms with Gasteiger partial charge in [-0.05, 0) is 24.6 Å². The van der Waals surface area contributed by atoms with Crippen LogP contribution in [0.4, 0.5) is 0 Å². The topological polar surface area (TPSA) is 42.0 Å². The van der Waals surface area contributed by atoms with Crippen molar-refractivity contribution in [3.05, 3.63) is 65.5 Å². The Morgan fingerprint density at radius 3 is 2.63 bits per heavy atom. The number of hydrogen-bond acceptors (Lipinski definition) is 2. The smallest absolute Gasteiger partial charge is 0.270 e. The number of hydrogen-bond donors (Lipinski definition) is 1. The Bertz CT molecular complexity index is 614. The third-order valence-electron chi connectivity index (χ3n) is 2.78. The third kappa shape index (κ3) is 3.20. The van der Waals surface area contributed by atoms with E-state index >= 15 is 0 Å². The number of amides is 1. The fourth-order valence-electron chi connectivity index (χ4n) is 1.74. The molecule has 1 aromatic carbocycles. The SMILES string of the molecule is C#Cc1cccc(C(=O)N[C@@H](C)c2ccccc2)n1. The molecule has 1 atom stereocenters. The molecule has 0 aliphatic rings. The first-order valence-electron chi connectivity index (χ1n) is 6.00. The summed E-state index contributed by atoms with van der Waals surface area (Å²) in [6, 6.07) is 14.7. The Morgan fingerprint density at radius 1 is 1.21 bits per heavy atom. The van der Waals surface area contributed by atoms with Crippen molar-refractivity contribution in [2.24, 2.45) is 0 Å². The van der Waals surface area contributed by atoms with Crippen LogP contribution in [0.5, 0.6) is 0 Å². The van der Waals surface area contributed by atoms with Gasteiger partial charge in [0.1, 0.15) is 11.4 Å². The highest BCUT2D eigenvalue weighted by molar-refractivity contribution is 5.92. The monoisotopic (exact) mass is 250 g/mol. The maximum atomic E-state index is 12.1.